The topological polar surface area (TPSA) is 81.8 Å². The van der Waals surface area contributed by atoms with Gasteiger partial charge in [0.15, 0.2) is 5.75 Å². The summed E-state index contributed by atoms with van der Waals surface area (Å²) < 4.78 is 46.5. The smallest absolute Gasteiger partial charge is 0.387 e. The Morgan fingerprint density at radius 3 is 2.42 bits per heavy atom. The lowest BCUT2D eigenvalue weighted by molar-refractivity contribution is -0.386. The summed E-state index contributed by atoms with van der Waals surface area (Å²) in [6.45, 7) is -3.35. The van der Waals surface area contributed by atoms with Crippen molar-refractivity contribution in [1.29, 1.82) is 0 Å². The van der Waals surface area contributed by atoms with Crippen LogP contribution in [0, 0.1) is 15.9 Å². The molecule has 0 spiro atoms. The molecule has 0 fully saturated rings. The van der Waals surface area contributed by atoms with E-state index in [1.54, 1.807) is 0 Å². The fourth-order valence-corrected chi connectivity index (χ4v) is 1.89. The molecule has 0 bridgehead atoms. The summed E-state index contributed by atoms with van der Waals surface area (Å²) in [6.07, 6.45) is -1.20. The first-order valence-corrected chi connectivity index (χ1v) is 6.66. The molecule has 0 aromatic heterocycles. The second kappa shape index (κ2) is 7.64. The van der Waals surface area contributed by atoms with Crippen molar-refractivity contribution in [3.63, 3.8) is 0 Å². The first-order valence-electron chi connectivity index (χ1n) is 6.66. The predicted octanol–water partition coefficient (Wildman–Crippen LogP) is 3.45. The number of nitrogens with zero attached hydrogens (tertiary/aromatic N) is 1. The van der Waals surface area contributed by atoms with Gasteiger partial charge in [-0.05, 0) is 23.8 Å². The molecule has 1 N–H and O–H groups in total. The van der Waals surface area contributed by atoms with Crippen molar-refractivity contribution in [1.82, 2.24) is 0 Å². The second-order valence-electron chi connectivity index (χ2n) is 4.64. The van der Waals surface area contributed by atoms with Crippen LogP contribution in [0.2, 0.25) is 0 Å². The van der Waals surface area contributed by atoms with E-state index in [-0.39, 0.29) is 18.1 Å². The summed E-state index contributed by atoms with van der Waals surface area (Å²) in [7, 11) is 0. The van der Waals surface area contributed by atoms with E-state index in [1.165, 1.54) is 24.3 Å². The number of nitro groups is 1. The number of hydrogen-bond acceptors (Lipinski definition) is 5. The van der Waals surface area contributed by atoms with Crippen LogP contribution < -0.4 is 9.47 Å². The average Bonchev–Trinajstić information content (AvgIpc) is 2.52. The molecule has 1 atom stereocenters. The molecule has 9 heteroatoms. The lowest BCUT2D eigenvalue weighted by Gasteiger charge is -2.13. The number of halogens is 3. The van der Waals surface area contributed by atoms with E-state index < -0.39 is 29.1 Å². The van der Waals surface area contributed by atoms with Gasteiger partial charge in [-0.1, -0.05) is 12.1 Å². The molecule has 2 aromatic rings. The Morgan fingerprint density at radius 2 is 1.83 bits per heavy atom. The maximum Gasteiger partial charge on any atom is 0.387 e. The van der Waals surface area contributed by atoms with Gasteiger partial charge in [-0.3, -0.25) is 10.1 Å². The molecule has 1 unspecified atom stereocenters. The molecular formula is C15H12F3NO5. The molecule has 0 amide bonds. The van der Waals surface area contributed by atoms with Crippen molar-refractivity contribution in [2.75, 3.05) is 6.61 Å². The van der Waals surface area contributed by atoms with E-state index in [9.17, 15) is 28.4 Å². The lowest BCUT2D eigenvalue weighted by atomic mass is 10.1. The molecule has 0 heterocycles. The van der Waals surface area contributed by atoms with Crippen LogP contribution in [0.4, 0.5) is 18.9 Å². The highest BCUT2D eigenvalue weighted by Gasteiger charge is 2.18. The molecular weight excluding hydrogens is 331 g/mol. The Kier molecular flexibility index (Phi) is 5.59. The standard InChI is InChI=1S/C15H12F3NO5/c16-10-3-6-12(19(21)22)14(7-10)23-8-13(20)9-1-4-11(5-2-9)24-15(17)18/h1-7,13,15,20H,8H2. The van der Waals surface area contributed by atoms with E-state index in [4.69, 9.17) is 4.74 Å². The molecule has 0 saturated heterocycles. The molecule has 2 rings (SSSR count). The Morgan fingerprint density at radius 1 is 1.17 bits per heavy atom. The molecule has 2 aromatic carbocycles. The minimum absolute atomic E-state index is 0.0809. The molecule has 0 aliphatic heterocycles. The number of ether oxygens (including phenoxy) is 2. The Labute approximate surface area is 134 Å². The van der Waals surface area contributed by atoms with E-state index in [0.717, 1.165) is 18.2 Å². The summed E-state index contributed by atoms with van der Waals surface area (Å²) >= 11 is 0. The summed E-state index contributed by atoms with van der Waals surface area (Å²) in [5, 5.41) is 20.8. The number of nitro benzene ring substituents is 1. The highest BCUT2D eigenvalue weighted by atomic mass is 19.3. The Hall–Kier alpha value is -2.81. The van der Waals surface area contributed by atoms with E-state index in [1.807, 2.05) is 0 Å². The fraction of sp³-hybridized carbons (Fsp3) is 0.200. The zero-order valence-electron chi connectivity index (χ0n) is 12.1. The van der Waals surface area contributed by atoms with Gasteiger partial charge in [0.1, 0.15) is 24.3 Å². The van der Waals surface area contributed by atoms with Crippen LogP contribution in [0.3, 0.4) is 0 Å². The lowest BCUT2D eigenvalue weighted by Crippen LogP contribution is -2.11. The molecule has 0 aliphatic rings. The third kappa shape index (κ3) is 4.59. The van der Waals surface area contributed by atoms with Gasteiger partial charge in [0, 0.05) is 12.1 Å². The second-order valence-corrected chi connectivity index (χ2v) is 4.64. The summed E-state index contributed by atoms with van der Waals surface area (Å²) in [6, 6.07) is 7.85. The third-order valence-corrected chi connectivity index (χ3v) is 3.01. The van der Waals surface area contributed by atoms with E-state index in [0.29, 0.717) is 5.56 Å². The molecule has 6 nitrogen and oxygen atoms in total. The zero-order chi connectivity index (χ0) is 17.7. The third-order valence-electron chi connectivity index (χ3n) is 3.01. The summed E-state index contributed by atoms with van der Waals surface area (Å²) in [4.78, 5) is 10.1. The van der Waals surface area contributed by atoms with Crippen molar-refractivity contribution in [3.05, 3.63) is 64.0 Å². The Bertz CT molecular complexity index is 709. The zero-order valence-corrected chi connectivity index (χ0v) is 12.1. The summed E-state index contributed by atoms with van der Waals surface area (Å²) in [5.74, 6) is -1.13. The molecule has 0 aliphatic carbocycles. The monoisotopic (exact) mass is 343 g/mol. The average molecular weight is 343 g/mol. The van der Waals surface area contributed by atoms with Crippen molar-refractivity contribution < 1.29 is 32.7 Å². The maximum atomic E-state index is 13.2. The number of rotatable bonds is 7. The number of aliphatic hydroxyl groups is 1. The quantitative estimate of drug-likeness (QED) is 0.615. The maximum absolute atomic E-state index is 13.2. The van der Waals surface area contributed by atoms with Crippen molar-refractivity contribution >= 4 is 5.69 Å². The molecule has 0 saturated carbocycles. The van der Waals surface area contributed by atoms with Gasteiger partial charge in [-0.15, -0.1) is 0 Å². The highest BCUT2D eigenvalue weighted by molar-refractivity contribution is 5.46. The predicted molar refractivity (Wildman–Crippen MR) is 76.6 cm³/mol. The van der Waals surface area contributed by atoms with Crippen LogP contribution in [0.15, 0.2) is 42.5 Å². The number of hydrogen-bond donors (Lipinski definition) is 1. The first kappa shape index (κ1) is 17.5. The number of benzene rings is 2. The van der Waals surface area contributed by atoms with Crippen LogP contribution >= 0.6 is 0 Å². The van der Waals surface area contributed by atoms with Gasteiger partial charge >= 0.3 is 12.3 Å². The minimum Gasteiger partial charge on any atom is -0.484 e. The SMILES string of the molecule is O=[N+]([O-])c1ccc(F)cc1OCC(O)c1ccc(OC(F)F)cc1. The highest BCUT2D eigenvalue weighted by Crippen LogP contribution is 2.28. The Balaban J connectivity index is 2.04. The van der Waals surface area contributed by atoms with E-state index >= 15 is 0 Å². The van der Waals surface area contributed by atoms with Gasteiger partial charge < -0.3 is 14.6 Å². The minimum atomic E-state index is -2.96. The normalized spacial score (nSPS) is 12.0. The fourth-order valence-electron chi connectivity index (χ4n) is 1.89. The largest absolute Gasteiger partial charge is 0.484 e. The van der Waals surface area contributed by atoms with Crippen LogP contribution in [0.25, 0.3) is 0 Å². The van der Waals surface area contributed by atoms with Gasteiger partial charge in [0.25, 0.3) is 0 Å². The van der Waals surface area contributed by atoms with Gasteiger partial charge in [-0.2, -0.15) is 8.78 Å². The molecule has 128 valence electrons. The summed E-state index contributed by atoms with van der Waals surface area (Å²) in [5.41, 5.74) is -0.125. The number of alkyl halides is 2. The van der Waals surface area contributed by atoms with Crippen molar-refractivity contribution in [3.8, 4) is 11.5 Å². The van der Waals surface area contributed by atoms with Gasteiger partial charge in [-0.25, -0.2) is 4.39 Å². The molecule has 0 radical (unpaired) electrons. The van der Waals surface area contributed by atoms with Gasteiger partial charge in [0.2, 0.25) is 0 Å². The first-order chi connectivity index (χ1) is 11.4. The number of aliphatic hydroxyl groups excluding tert-OH is 1. The van der Waals surface area contributed by atoms with E-state index in [2.05, 4.69) is 4.74 Å². The van der Waals surface area contributed by atoms with Crippen LogP contribution in [0.1, 0.15) is 11.7 Å². The van der Waals surface area contributed by atoms with Gasteiger partial charge in [0.05, 0.1) is 4.92 Å². The molecule has 24 heavy (non-hydrogen) atoms. The van der Waals surface area contributed by atoms with Crippen LogP contribution in [-0.2, 0) is 0 Å². The van der Waals surface area contributed by atoms with Crippen LogP contribution in [-0.4, -0.2) is 23.2 Å². The van der Waals surface area contributed by atoms with Crippen LogP contribution in [0.5, 0.6) is 11.5 Å². The van der Waals surface area contributed by atoms with Crippen molar-refractivity contribution in [2.24, 2.45) is 0 Å². The van der Waals surface area contributed by atoms with Crippen molar-refractivity contribution in [2.45, 2.75) is 12.7 Å².